The molecule has 4 heteroatoms. The molecule has 16 heavy (non-hydrogen) atoms. The molecule has 1 heterocycles. The Kier molecular flexibility index (Phi) is 3.08. The maximum absolute atomic E-state index is 10.6. The van der Waals surface area contributed by atoms with E-state index in [1.807, 2.05) is 0 Å². The Labute approximate surface area is 94.3 Å². The number of hydrogen-bond donors (Lipinski definition) is 1. The van der Waals surface area contributed by atoms with E-state index in [1.54, 1.807) is 6.07 Å². The van der Waals surface area contributed by atoms with Crippen LogP contribution >= 0.6 is 0 Å². The minimum Gasteiger partial charge on any atom is -0.478 e. The fourth-order valence-corrected chi connectivity index (χ4v) is 1.77. The number of carboxylic acid groups (broad SMARTS) is 1. The zero-order chi connectivity index (χ0) is 11.5. The Morgan fingerprint density at radius 1 is 1.56 bits per heavy atom. The van der Waals surface area contributed by atoms with Crippen molar-refractivity contribution < 1.29 is 14.6 Å². The predicted molar refractivity (Wildman–Crippen MR) is 58.6 cm³/mol. The number of rotatable bonds is 4. The second kappa shape index (κ2) is 4.51. The van der Waals surface area contributed by atoms with Gasteiger partial charge in [0, 0.05) is 12.3 Å². The zero-order valence-electron chi connectivity index (χ0n) is 9.22. The van der Waals surface area contributed by atoms with Crippen molar-refractivity contribution in [2.75, 3.05) is 6.61 Å². The summed E-state index contributed by atoms with van der Waals surface area (Å²) in [4.78, 5) is 14.5. The van der Waals surface area contributed by atoms with Gasteiger partial charge in [-0.25, -0.2) is 9.78 Å². The largest absolute Gasteiger partial charge is 0.478 e. The van der Waals surface area contributed by atoms with E-state index in [1.165, 1.54) is 25.1 Å². The molecule has 0 unspecified atom stereocenters. The van der Waals surface area contributed by atoms with Crippen molar-refractivity contribution in [2.45, 2.75) is 19.8 Å². The number of ether oxygens (including phenoxy) is 1. The third kappa shape index (κ3) is 2.32. The number of aromatic nitrogens is 1. The average Bonchev–Trinajstić information content (AvgIpc) is 2.28. The van der Waals surface area contributed by atoms with Crippen LogP contribution in [0.15, 0.2) is 18.3 Å². The summed E-state index contributed by atoms with van der Waals surface area (Å²) in [5.41, 5.74) is 0.185. The molecule has 1 N–H and O–H groups in total. The summed E-state index contributed by atoms with van der Waals surface area (Å²) in [5.74, 6) is 0.898. The first-order valence-corrected chi connectivity index (χ1v) is 5.49. The van der Waals surface area contributed by atoms with Gasteiger partial charge in [0.1, 0.15) is 0 Å². The van der Waals surface area contributed by atoms with Crippen LogP contribution in [0.25, 0.3) is 0 Å². The first kappa shape index (κ1) is 10.9. The third-order valence-corrected chi connectivity index (χ3v) is 3.23. The van der Waals surface area contributed by atoms with Crippen LogP contribution in [0.4, 0.5) is 0 Å². The van der Waals surface area contributed by atoms with E-state index in [4.69, 9.17) is 9.84 Å². The van der Waals surface area contributed by atoms with E-state index in [-0.39, 0.29) is 5.56 Å². The standard InChI is InChI=1S/C12H15NO3/c1-8-2-3-10(8)7-16-11-5-4-9(6-13-11)12(14)15/h4-6,8,10H,2-3,7H2,1H3,(H,14,15)/t8-,10-/m0/s1. The molecule has 1 fully saturated rings. The van der Waals surface area contributed by atoms with Crippen LogP contribution in [-0.2, 0) is 0 Å². The summed E-state index contributed by atoms with van der Waals surface area (Å²) in [7, 11) is 0. The molecule has 1 saturated carbocycles. The minimum atomic E-state index is -0.966. The Morgan fingerprint density at radius 3 is 2.81 bits per heavy atom. The first-order valence-electron chi connectivity index (χ1n) is 5.49. The number of nitrogens with zero attached hydrogens (tertiary/aromatic N) is 1. The Morgan fingerprint density at radius 2 is 2.38 bits per heavy atom. The monoisotopic (exact) mass is 221 g/mol. The van der Waals surface area contributed by atoms with Crippen molar-refractivity contribution in [3.63, 3.8) is 0 Å². The number of aromatic carboxylic acids is 1. The molecule has 0 aromatic carbocycles. The van der Waals surface area contributed by atoms with Crippen molar-refractivity contribution >= 4 is 5.97 Å². The summed E-state index contributed by atoms with van der Waals surface area (Å²) in [6.07, 6.45) is 3.82. The van der Waals surface area contributed by atoms with Crippen molar-refractivity contribution in [3.8, 4) is 5.88 Å². The van der Waals surface area contributed by atoms with Crippen LogP contribution < -0.4 is 4.74 Å². The molecule has 0 aliphatic heterocycles. The molecule has 0 amide bonds. The van der Waals surface area contributed by atoms with Gasteiger partial charge in [-0.05, 0) is 30.7 Å². The normalized spacial score (nSPS) is 23.6. The van der Waals surface area contributed by atoms with Crippen LogP contribution in [0.2, 0.25) is 0 Å². The second-order valence-electron chi connectivity index (χ2n) is 4.32. The summed E-state index contributed by atoms with van der Waals surface area (Å²) in [5, 5.41) is 8.69. The highest BCUT2D eigenvalue weighted by molar-refractivity contribution is 5.87. The summed E-state index contributed by atoms with van der Waals surface area (Å²) in [6, 6.07) is 3.11. The van der Waals surface area contributed by atoms with Gasteiger partial charge >= 0.3 is 5.97 Å². The van der Waals surface area contributed by atoms with Gasteiger partial charge in [-0.1, -0.05) is 6.92 Å². The van der Waals surface area contributed by atoms with Gasteiger partial charge in [-0.15, -0.1) is 0 Å². The number of hydrogen-bond acceptors (Lipinski definition) is 3. The van der Waals surface area contributed by atoms with Gasteiger partial charge < -0.3 is 9.84 Å². The molecule has 1 aliphatic carbocycles. The van der Waals surface area contributed by atoms with Gasteiger partial charge in [0.05, 0.1) is 12.2 Å². The zero-order valence-corrected chi connectivity index (χ0v) is 9.22. The van der Waals surface area contributed by atoms with E-state index in [9.17, 15) is 4.79 Å². The number of carboxylic acids is 1. The van der Waals surface area contributed by atoms with Gasteiger partial charge in [0.25, 0.3) is 0 Å². The highest BCUT2D eigenvalue weighted by Crippen LogP contribution is 2.33. The van der Waals surface area contributed by atoms with Crippen LogP contribution in [0.5, 0.6) is 5.88 Å². The third-order valence-electron chi connectivity index (χ3n) is 3.23. The van der Waals surface area contributed by atoms with Crippen molar-refractivity contribution in [3.05, 3.63) is 23.9 Å². The Hall–Kier alpha value is -1.58. The lowest BCUT2D eigenvalue weighted by Gasteiger charge is -2.33. The maximum Gasteiger partial charge on any atom is 0.337 e. The molecule has 0 spiro atoms. The fraction of sp³-hybridized carbons (Fsp3) is 0.500. The molecule has 2 atom stereocenters. The lowest BCUT2D eigenvalue weighted by molar-refractivity contribution is 0.0696. The fourth-order valence-electron chi connectivity index (χ4n) is 1.77. The molecule has 86 valence electrons. The van der Waals surface area contributed by atoms with E-state index >= 15 is 0 Å². The van der Waals surface area contributed by atoms with Crippen molar-refractivity contribution in [1.82, 2.24) is 4.98 Å². The lowest BCUT2D eigenvalue weighted by atomic mass is 9.75. The quantitative estimate of drug-likeness (QED) is 0.846. The number of carbonyl (C=O) groups is 1. The highest BCUT2D eigenvalue weighted by atomic mass is 16.5. The van der Waals surface area contributed by atoms with Gasteiger partial charge in [0.15, 0.2) is 0 Å². The first-order chi connectivity index (χ1) is 7.66. The van der Waals surface area contributed by atoms with E-state index in [0.717, 1.165) is 5.92 Å². The molecule has 1 aromatic heterocycles. The molecule has 1 aromatic rings. The SMILES string of the molecule is C[C@H]1CC[C@H]1COc1ccc(C(=O)O)cn1. The Bertz CT molecular complexity index is 374. The molecule has 4 nitrogen and oxygen atoms in total. The second-order valence-corrected chi connectivity index (χ2v) is 4.32. The molecule has 0 bridgehead atoms. The van der Waals surface area contributed by atoms with E-state index in [0.29, 0.717) is 18.4 Å². The van der Waals surface area contributed by atoms with Crippen LogP contribution in [0.3, 0.4) is 0 Å². The average molecular weight is 221 g/mol. The Balaban J connectivity index is 1.87. The highest BCUT2D eigenvalue weighted by Gasteiger charge is 2.27. The van der Waals surface area contributed by atoms with Gasteiger partial charge in [-0.3, -0.25) is 0 Å². The topological polar surface area (TPSA) is 59.4 Å². The van der Waals surface area contributed by atoms with Crippen molar-refractivity contribution in [1.29, 1.82) is 0 Å². The molecular formula is C12H15NO3. The summed E-state index contributed by atoms with van der Waals surface area (Å²) < 4.78 is 5.51. The molecule has 2 rings (SSSR count). The van der Waals surface area contributed by atoms with Crippen LogP contribution in [0, 0.1) is 11.8 Å². The molecular weight excluding hydrogens is 206 g/mol. The predicted octanol–water partition coefficient (Wildman–Crippen LogP) is 2.20. The molecule has 1 aliphatic rings. The van der Waals surface area contributed by atoms with Gasteiger partial charge in [0.2, 0.25) is 5.88 Å². The van der Waals surface area contributed by atoms with Crippen molar-refractivity contribution in [2.24, 2.45) is 11.8 Å². The summed E-state index contributed by atoms with van der Waals surface area (Å²) in [6.45, 7) is 2.90. The van der Waals surface area contributed by atoms with E-state index in [2.05, 4.69) is 11.9 Å². The molecule has 0 saturated heterocycles. The van der Waals surface area contributed by atoms with Crippen LogP contribution in [-0.4, -0.2) is 22.7 Å². The maximum atomic E-state index is 10.6. The lowest BCUT2D eigenvalue weighted by Crippen LogP contribution is -2.28. The van der Waals surface area contributed by atoms with E-state index < -0.39 is 5.97 Å². The molecule has 0 radical (unpaired) electrons. The van der Waals surface area contributed by atoms with Crippen LogP contribution in [0.1, 0.15) is 30.1 Å². The minimum absolute atomic E-state index is 0.185. The summed E-state index contributed by atoms with van der Waals surface area (Å²) >= 11 is 0. The van der Waals surface area contributed by atoms with Gasteiger partial charge in [-0.2, -0.15) is 0 Å². The smallest absolute Gasteiger partial charge is 0.337 e. The number of pyridine rings is 1.